The lowest BCUT2D eigenvalue weighted by Crippen LogP contribution is -2.39. The molecule has 4 nitrogen and oxygen atoms in total. The van der Waals surface area contributed by atoms with E-state index in [9.17, 15) is 4.79 Å². The van der Waals surface area contributed by atoms with Crippen LogP contribution in [0, 0.1) is 5.92 Å². The van der Waals surface area contributed by atoms with E-state index >= 15 is 0 Å². The summed E-state index contributed by atoms with van der Waals surface area (Å²) in [4.78, 5) is 19.3. The smallest absolute Gasteiger partial charge is 0.222 e. The van der Waals surface area contributed by atoms with Crippen molar-refractivity contribution in [3.63, 3.8) is 0 Å². The lowest BCUT2D eigenvalue weighted by molar-refractivity contribution is -0.132. The summed E-state index contributed by atoms with van der Waals surface area (Å²) in [7, 11) is 1.69. The zero-order chi connectivity index (χ0) is 19.3. The van der Waals surface area contributed by atoms with Gasteiger partial charge in [0.15, 0.2) is 0 Å². The van der Waals surface area contributed by atoms with Crippen molar-refractivity contribution in [1.82, 2.24) is 9.88 Å². The average Bonchev–Trinajstić information content (AvgIpc) is 3.16. The number of carbonyl (C=O) groups excluding carboxylic acids is 1. The van der Waals surface area contributed by atoms with Gasteiger partial charge in [0, 0.05) is 25.9 Å². The van der Waals surface area contributed by atoms with E-state index in [1.807, 2.05) is 35.2 Å². The van der Waals surface area contributed by atoms with Crippen LogP contribution < -0.4 is 4.74 Å². The summed E-state index contributed by atoms with van der Waals surface area (Å²) in [6, 6.07) is 16.5. The van der Waals surface area contributed by atoms with E-state index in [1.54, 1.807) is 18.4 Å². The van der Waals surface area contributed by atoms with Crippen LogP contribution in [-0.2, 0) is 17.6 Å². The number of benzene rings is 2. The van der Waals surface area contributed by atoms with Crippen LogP contribution in [0.2, 0.25) is 0 Å². The van der Waals surface area contributed by atoms with Gasteiger partial charge in [0.25, 0.3) is 0 Å². The Hall–Kier alpha value is -2.40. The third-order valence-electron chi connectivity index (χ3n) is 5.54. The SMILES string of the molecule is COc1ccc(CC2CCN(C(=O)CCc3nc4ccccc4s3)CC2)cc1. The molecule has 1 aliphatic rings. The lowest BCUT2D eigenvalue weighted by atomic mass is 9.90. The molecule has 28 heavy (non-hydrogen) atoms. The molecule has 1 saturated heterocycles. The van der Waals surface area contributed by atoms with E-state index in [2.05, 4.69) is 23.2 Å². The number of aromatic nitrogens is 1. The number of rotatable bonds is 6. The maximum atomic E-state index is 12.6. The predicted molar refractivity (Wildman–Crippen MR) is 114 cm³/mol. The third-order valence-corrected chi connectivity index (χ3v) is 6.64. The Morgan fingerprint density at radius 3 is 2.61 bits per heavy atom. The Labute approximate surface area is 170 Å². The first-order valence-electron chi connectivity index (χ1n) is 9.96. The quantitative estimate of drug-likeness (QED) is 0.608. The largest absolute Gasteiger partial charge is 0.497 e. The fraction of sp³-hybridized carbons (Fsp3) is 0.391. The highest BCUT2D eigenvalue weighted by Gasteiger charge is 2.23. The van der Waals surface area contributed by atoms with E-state index in [0.717, 1.165) is 55.0 Å². The van der Waals surface area contributed by atoms with Crippen molar-refractivity contribution in [3.05, 3.63) is 59.1 Å². The fourth-order valence-electron chi connectivity index (χ4n) is 3.88. The number of ether oxygens (including phenoxy) is 1. The summed E-state index contributed by atoms with van der Waals surface area (Å²) in [6.07, 6.45) is 4.54. The molecule has 2 aromatic carbocycles. The van der Waals surface area contributed by atoms with Gasteiger partial charge in [-0.25, -0.2) is 4.98 Å². The van der Waals surface area contributed by atoms with Crippen LogP contribution in [0.5, 0.6) is 5.75 Å². The second-order valence-electron chi connectivity index (χ2n) is 7.45. The molecule has 0 bridgehead atoms. The number of hydrogen-bond donors (Lipinski definition) is 0. The summed E-state index contributed by atoms with van der Waals surface area (Å²) in [5.41, 5.74) is 2.38. The van der Waals surface area contributed by atoms with Crippen molar-refractivity contribution in [2.24, 2.45) is 5.92 Å². The van der Waals surface area contributed by atoms with Crippen LogP contribution >= 0.6 is 11.3 Å². The highest BCUT2D eigenvalue weighted by atomic mass is 32.1. The number of nitrogens with zero attached hydrogens (tertiary/aromatic N) is 2. The molecule has 4 rings (SSSR count). The van der Waals surface area contributed by atoms with Crippen molar-refractivity contribution < 1.29 is 9.53 Å². The Balaban J connectivity index is 1.24. The average molecular weight is 395 g/mol. The number of aryl methyl sites for hydroxylation is 1. The number of amides is 1. The van der Waals surface area contributed by atoms with Crippen LogP contribution in [0.1, 0.15) is 29.8 Å². The minimum absolute atomic E-state index is 0.266. The number of likely N-dealkylation sites (tertiary alicyclic amines) is 1. The molecule has 0 radical (unpaired) electrons. The van der Waals surface area contributed by atoms with E-state index < -0.39 is 0 Å². The van der Waals surface area contributed by atoms with Gasteiger partial charge < -0.3 is 9.64 Å². The summed E-state index contributed by atoms with van der Waals surface area (Å²) in [6.45, 7) is 1.75. The molecule has 0 atom stereocenters. The maximum Gasteiger partial charge on any atom is 0.222 e. The molecule has 1 aromatic heterocycles. The van der Waals surface area contributed by atoms with Crippen LogP contribution in [0.4, 0.5) is 0 Å². The van der Waals surface area contributed by atoms with Gasteiger partial charge in [0.05, 0.1) is 22.3 Å². The minimum Gasteiger partial charge on any atom is -0.497 e. The van der Waals surface area contributed by atoms with Gasteiger partial charge in [-0.3, -0.25) is 4.79 Å². The van der Waals surface area contributed by atoms with Gasteiger partial charge in [0.1, 0.15) is 5.75 Å². The highest BCUT2D eigenvalue weighted by molar-refractivity contribution is 7.18. The number of hydrogen-bond acceptors (Lipinski definition) is 4. The lowest BCUT2D eigenvalue weighted by Gasteiger charge is -2.32. The minimum atomic E-state index is 0.266. The topological polar surface area (TPSA) is 42.4 Å². The summed E-state index contributed by atoms with van der Waals surface area (Å²) >= 11 is 1.70. The standard InChI is InChI=1S/C23H26N2O2S/c1-27-19-8-6-17(7-9-19)16-18-12-14-25(15-13-18)23(26)11-10-22-24-20-4-2-3-5-21(20)28-22/h2-9,18H,10-16H2,1H3. The fourth-order valence-corrected chi connectivity index (χ4v) is 4.85. The number of thiazole rings is 1. The van der Waals surface area contributed by atoms with Crippen LogP contribution in [0.25, 0.3) is 10.2 Å². The Kier molecular flexibility index (Phi) is 5.91. The van der Waals surface area contributed by atoms with Gasteiger partial charge in [-0.05, 0) is 55.0 Å². The molecule has 146 valence electrons. The molecule has 3 aromatic rings. The van der Waals surface area contributed by atoms with E-state index in [1.165, 1.54) is 10.3 Å². The molecule has 0 saturated carbocycles. The molecule has 1 fully saturated rings. The van der Waals surface area contributed by atoms with Crippen molar-refractivity contribution in [1.29, 1.82) is 0 Å². The van der Waals surface area contributed by atoms with Gasteiger partial charge in [-0.15, -0.1) is 11.3 Å². The molecule has 0 N–H and O–H groups in total. The van der Waals surface area contributed by atoms with E-state index in [0.29, 0.717) is 12.3 Å². The molecule has 0 unspecified atom stereocenters. The molecule has 0 spiro atoms. The van der Waals surface area contributed by atoms with Crippen molar-refractivity contribution in [3.8, 4) is 5.75 Å². The first kappa shape index (κ1) is 18.9. The second kappa shape index (κ2) is 8.74. The van der Waals surface area contributed by atoms with Crippen molar-refractivity contribution in [2.45, 2.75) is 32.1 Å². The van der Waals surface area contributed by atoms with Crippen molar-refractivity contribution in [2.75, 3.05) is 20.2 Å². The number of carbonyl (C=O) groups is 1. The van der Waals surface area contributed by atoms with Gasteiger partial charge in [-0.2, -0.15) is 0 Å². The normalized spacial score (nSPS) is 15.1. The summed E-state index contributed by atoms with van der Waals surface area (Å²) in [5, 5.41) is 1.06. The number of methoxy groups -OCH3 is 1. The molecule has 1 aliphatic heterocycles. The van der Waals surface area contributed by atoms with Gasteiger partial charge in [0.2, 0.25) is 5.91 Å². The van der Waals surface area contributed by atoms with E-state index in [-0.39, 0.29) is 5.91 Å². The zero-order valence-electron chi connectivity index (χ0n) is 16.3. The molecule has 5 heteroatoms. The Morgan fingerprint density at radius 1 is 1.14 bits per heavy atom. The Bertz CT molecular complexity index is 894. The number of piperidine rings is 1. The number of para-hydroxylation sites is 1. The summed E-state index contributed by atoms with van der Waals surface area (Å²) in [5.74, 6) is 1.82. The highest BCUT2D eigenvalue weighted by Crippen LogP contribution is 2.25. The zero-order valence-corrected chi connectivity index (χ0v) is 17.1. The Morgan fingerprint density at radius 2 is 1.89 bits per heavy atom. The maximum absolute atomic E-state index is 12.6. The first-order chi connectivity index (χ1) is 13.7. The summed E-state index contributed by atoms with van der Waals surface area (Å²) < 4.78 is 6.42. The van der Waals surface area contributed by atoms with Gasteiger partial charge >= 0.3 is 0 Å². The molecule has 0 aliphatic carbocycles. The second-order valence-corrected chi connectivity index (χ2v) is 8.57. The third kappa shape index (κ3) is 4.53. The van der Waals surface area contributed by atoms with Gasteiger partial charge in [-0.1, -0.05) is 24.3 Å². The molecular weight excluding hydrogens is 368 g/mol. The van der Waals surface area contributed by atoms with Crippen LogP contribution in [0.3, 0.4) is 0 Å². The first-order valence-corrected chi connectivity index (χ1v) is 10.8. The monoisotopic (exact) mass is 394 g/mol. The molecule has 1 amide bonds. The number of fused-ring (bicyclic) bond motifs is 1. The predicted octanol–water partition coefficient (Wildman–Crippen LogP) is 4.72. The van der Waals surface area contributed by atoms with E-state index in [4.69, 9.17) is 4.74 Å². The van der Waals surface area contributed by atoms with Crippen molar-refractivity contribution >= 4 is 27.5 Å². The molecular formula is C23H26N2O2S. The van der Waals surface area contributed by atoms with Crippen LogP contribution in [0.15, 0.2) is 48.5 Å². The molecule has 2 heterocycles. The van der Waals surface area contributed by atoms with Crippen LogP contribution in [-0.4, -0.2) is 36.0 Å².